The van der Waals surface area contributed by atoms with E-state index in [9.17, 15) is 5.11 Å². The third-order valence-corrected chi connectivity index (χ3v) is 8.61. The van der Waals surface area contributed by atoms with Gasteiger partial charge in [0.25, 0.3) is 0 Å². The van der Waals surface area contributed by atoms with E-state index in [0.29, 0.717) is 17.8 Å². The van der Waals surface area contributed by atoms with Crippen LogP contribution < -0.4 is 0 Å². The summed E-state index contributed by atoms with van der Waals surface area (Å²) >= 11 is 0. The summed E-state index contributed by atoms with van der Waals surface area (Å²) < 4.78 is 30.8. The van der Waals surface area contributed by atoms with Crippen molar-refractivity contribution < 1.29 is 28.8 Å². The smallest absolute Gasteiger partial charge is 0.158 e. The molecule has 188 valence electrons. The molecule has 9 atom stereocenters. The van der Waals surface area contributed by atoms with Crippen LogP contribution in [0.2, 0.25) is 0 Å². The minimum atomic E-state index is -0.277. The molecule has 0 amide bonds. The lowest BCUT2D eigenvalue weighted by Gasteiger charge is -2.30. The largest absolute Gasteiger partial charge is 0.393 e. The van der Waals surface area contributed by atoms with Crippen LogP contribution in [0.25, 0.3) is 0 Å². The summed E-state index contributed by atoms with van der Waals surface area (Å²) in [5.41, 5.74) is -0.277. The Labute approximate surface area is 199 Å². The second kappa shape index (κ2) is 11.0. The minimum Gasteiger partial charge on any atom is -0.393 e. The second-order valence-electron chi connectivity index (χ2n) is 10.9. The molecule has 0 aromatic carbocycles. The molecule has 0 spiro atoms. The molecule has 5 aliphatic rings. The lowest BCUT2D eigenvalue weighted by atomic mass is 9.88. The summed E-state index contributed by atoms with van der Waals surface area (Å²) in [6.07, 6.45) is 18.2. The summed E-state index contributed by atoms with van der Waals surface area (Å²) in [7, 11) is 0. The highest BCUT2D eigenvalue weighted by atomic mass is 16.7. The van der Waals surface area contributed by atoms with Gasteiger partial charge in [0.2, 0.25) is 0 Å². The van der Waals surface area contributed by atoms with Gasteiger partial charge >= 0.3 is 0 Å². The van der Waals surface area contributed by atoms with Gasteiger partial charge < -0.3 is 28.8 Å². The van der Waals surface area contributed by atoms with Crippen LogP contribution in [0.5, 0.6) is 0 Å². The van der Waals surface area contributed by atoms with E-state index in [-0.39, 0.29) is 43.1 Å². The number of hydrogen-bond donors (Lipinski definition) is 1. The maximum Gasteiger partial charge on any atom is 0.158 e. The number of rotatable bonds is 11. The van der Waals surface area contributed by atoms with Crippen molar-refractivity contribution in [2.75, 3.05) is 19.8 Å². The lowest BCUT2D eigenvalue weighted by Crippen LogP contribution is -2.32. The first-order chi connectivity index (χ1) is 16.2. The Morgan fingerprint density at radius 3 is 2.52 bits per heavy atom. The topological polar surface area (TPSA) is 69.7 Å². The van der Waals surface area contributed by atoms with E-state index in [0.717, 1.165) is 58.2 Å². The molecule has 6 heteroatoms. The predicted molar refractivity (Wildman–Crippen MR) is 125 cm³/mol. The Balaban J connectivity index is 1.27. The molecule has 2 aliphatic carbocycles. The molecule has 5 rings (SSSR count). The van der Waals surface area contributed by atoms with E-state index >= 15 is 0 Å². The second-order valence-corrected chi connectivity index (χ2v) is 10.9. The normalized spacial score (nSPS) is 43.5. The SMILES string of the molecule is CCCCC[C@@H](/C=C/[C@H]1[C@H]2CC3(CO)OC3[C@H]2C[C@H]1OC1CCCCO1)OC1CCCCO1. The summed E-state index contributed by atoms with van der Waals surface area (Å²) in [6, 6.07) is 0. The Kier molecular flexibility index (Phi) is 8.10. The Morgan fingerprint density at radius 1 is 1.03 bits per heavy atom. The molecule has 0 radical (unpaired) electrons. The van der Waals surface area contributed by atoms with E-state index in [4.69, 9.17) is 23.7 Å². The fourth-order valence-corrected chi connectivity index (χ4v) is 6.75. The standard InChI is InChI=1S/C27H44O6/c1-2-3-4-9-19(31-24-10-5-7-14-29-24)12-13-20-22-17-27(18-28)26(33-27)21(22)16-23(20)32-25-11-6-8-15-30-25/h12-13,19-26,28H,2-11,14-18H2,1H3/b13-12+/t19-,20-,21-,22+,23+,24?,25?,26?,27?/m0/s1. The molecule has 3 saturated heterocycles. The number of hydrogen-bond acceptors (Lipinski definition) is 6. The van der Waals surface area contributed by atoms with Gasteiger partial charge in [0.1, 0.15) is 5.60 Å². The highest BCUT2D eigenvalue weighted by Crippen LogP contribution is 2.63. The summed E-state index contributed by atoms with van der Waals surface area (Å²) in [5, 5.41) is 9.93. The van der Waals surface area contributed by atoms with Gasteiger partial charge in [0.05, 0.1) is 24.9 Å². The van der Waals surface area contributed by atoms with Gasteiger partial charge in [-0.2, -0.15) is 0 Å². The first kappa shape index (κ1) is 24.2. The van der Waals surface area contributed by atoms with Gasteiger partial charge in [-0.15, -0.1) is 0 Å². The molecule has 0 aromatic heterocycles. The molecule has 1 N–H and O–H groups in total. The van der Waals surface area contributed by atoms with Crippen LogP contribution in [0.4, 0.5) is 0 Å². The zero-order valence-corrected chi connectivity index (χ0v) is 20.4. The Bertz CT molecular complexity index is 643. The zero-order valence-electron chi connectivity index (χ0n) is 20.4. The number of epoxide rings is 1. The first-order valence-corrected chi connectivity index (χ1v) is 13.7. The van der Waals surface area contributed by atoms with Crippen LogP contribution in [0.3, 0.4) is 0 Å². The maximum absolute atomic E-state index is 9.93. The van der Waals surface area contributed by atoms with Gasteiger partial charge in [0, 0.05) is 19.1 Å². The average molecular weight is 465 g/mol. The van der Waals surface area contributed by atoms with Crippen LogP contribution in [-0.4, -0.2) is 61.4 Å². The Morgan fingerprint density at radius 2 is 1.82 bits per heavy atom. The highest BCUT2D eigenvalue weighted by Gasteiger charge is 2.70. The number of fused-ring (bicyclic) bond motifs is 3. The summed E-state index contributed by atoms with van der Waals surface area (Å²) in [6.45, 7) is 4.00. The van der Waals surface area contributed by atoms with Crippen LogP contribution in [0.1, 0.15) is 84.0 Å². The molecule has 6 nitrogen and oxygen atoms in total. The quantitative estimate of drug-likeness (QED) is 0.271. The lowest BCUT2D eigenvalue weighted by molar-refractivity contribution is -0.193. The number of ether oxygens (including phenoxy) is 5. The van der Waals surface area contributed by atoms with Crippen LogP contribution in [0, 0.1) is 17.8 Å². The van der Waals surface area contributed by atoms with Crippen molar-refractivity contribution in [2.24, 2.45) is 17.8 Å². The first-order valence-electron chi connectivity index (χ1n) is 13.7. The monoisotopic (exact) mass is 464 g/mol. The summed E-state index contributed by atoms with van der Waals surface area (Å²) in [4.78, 5) is 0. The van der Waals surface area contributed by atoms with E-state index in [1.165, 1.54) is 32.1 Å². The molecular weight excluding hydrogens is 420 g/mol. The van der Waals surface area contributed by atoms with E-state index in [1.54, 1.807) is 0 Å². The molecule has 3 aliphatic heterocycles. The molecule has 4 unspecified atom stereocenters. The van der Waals surface area contributed by atoms with Gasteiger partial charge in [-0.25, -0.2) is 0 Å². The number of aliphatic hydroxyl groups excluding tert-OH is 1. The predicted octanol–water partition coefficient (Wildman–Crippen LogP) is 4.73. The summed E-state index contributed by atoms with van der Waals surface area (Å²) in [5.74, 6) is 1.30. The Hall–Kier alpha value is -0.500. The van der Waals surface area contributed by atoms with Crippen molar-refractivity contribution in [3.05, 3.63) is 12.2 Å². The fraction of sp³-hybridized carbons (Fsp3) is 0.926. The van der Waals surface area contributed by atoms with Crippen molar-refractivity contribution in [3.8, 4) is 0 Å². The van der Waals surface area contributed by atoms with Crippen molar-refractivity contribution in [3.63, 3.8) is 0 Å². The number of aliphatic hydroxyl groups is 1. The maximum atomic E-state index is 9.93. The fourth-order valence-electron chi connectivity index (χ4n) is 6.75. The van der Waals surface area contributed by atoms with Crippen LogP contribution in [0.15, 0.2) is 12.2 Å². The van der Waals surface area contributed by atoms with Gasteiger partial charge in [0.15, 0.2) is 12.6 Å². The average Bonchev–Trinajstić information content (AvgIpc) is 3.35. The van der Waals surface area contributed by atoms with E-state index in [2.05, 4.69) is 19.1 Å². The van der Waals surface area contributed by atoms with Crippen LogP contribution in [-0.2, 0) is 23.7 Å². The molecule has 0 aromatic rings. The van der Waals surface area contributed by atoms with Gasteiger partial charge in [-0.1, -0.05) is 38.3 Å². The molecule has 2 saturated carbocycles. The minimum absolute atomic E-state index is 0.0702. The van der Waals surface area contributed by atoms with Gasteiger partial charge in [-0.05, 0) is 69.6 Å². The van der Waals surface area contributed by atoms with Gasteiger partial charge in [-0.3, -0.25) is 0 Å². The van der Waals surface area contributed by atoms with Crippen LogP contribution >= 0.6 is 0 Å². The van der Waals surface area contributed by atoms with E-state index < -0.39 is 0 Å². The third kappa shape index (κ3) is 5.52. The number of unbranched alkanes of at least 4 members (excludes halogenated alkanes) is 2. The van der Waals surface area contributed by atoms with Crippen molar-refractivity contribution in [1.82, 2.24) is 0 Å². The third-order valence-electron chi connectivity index (χ3n) is 8.61. The van der Waals surface area contributed by atoms with Crippen molar-refractivity contribution in [1.29, 1.82) is 0 Å². The zero-order chi connectivity index (χ0) is 22.7. The molecule has 5 fully saturated rings. The molecule has 33 heavy (non-hydrogen) atoms. The highest BCUT2D eigenvalue weighted by molar-refractivity contribution is 5.21. The van der Waals surface area contributed by atoms with E-state index in [1.807, 2.05) is 0 Å². The molecule has 3 heterocycles. The molecule has 0 bridgehead atoms. The molecular formula is C27H44O6. The van der Waals surface area contributed by atoms with Crippen molar-refractivity contribution in [2.45, 2.75) is 120 Å². The van der Waals surface area contributed by atoms with Crippen molar-refractivity contribution >= 4 is 0 Å².